The zero-order valence-electron chi connectivity index (χ0n) is 14.6. The lowest BCUT2D eigenvalue weighted by atomic mass is 10.1. The van der Waals surface area contributed by atoms with Gasteiger partial charge in [-0.1, -0.05) is 19.1 Å². The Hall–Kier alpha value is -3.29. The summed E-state index contributed by atoms with van der Waals surface area (Å²) in [6, 6.07) is 9.53. The average Bonchev–Trinajstić information content (AvgIpc) is 2.66. The van der Waals surface area contributed by atoms with E-state index in [2.05, 4.69) is 16.2 Å². The van der Waals surface area contributed by atoms with Crippen LogP contribution in [0.15, 0.2) is 42.5 Å². The second-order valence-electron chi connectivity index (χ2n) is 5.68. The van der Waals surface area contributed by atoms with Crippen LogP contribution in [0.1, 0.15) is 39.6 Å². The normalized spacial score (nSPS) is 10.2. The second kappa shape index (κ2) is 9.42. The molecular weight excluding hydrogens is 356 g/mol. The molecule has 0 heterocycles. The monoisotopic (exact) mass is 375 g/mol. The summed E-state index contributed by atoms with van der Waals surface area (Å²) in [6.07, 6.45) is 0.718. The summed E-state index contributed by atoms with van der Waals surface area (Å²) < 4.78 is 26.3. The van der Waals surface area contributed by atoms with Crippen molar-refractivity contribution in [1.82, 2.24) is 16.2 Å². The fourth-order valence-corrected chi connectivity index (χ4v) is 2.21. The lowest BCUT2D eigenvalue weighted by Crippen LogP contribution is -2.42. The summed E-state index contributed by atoms with van der Waals surface area (Å²) in [4.78, 5) is 35.4. The van der Waals surface area contributed by atoms with E-state index in [1.165, 1.54) is 0 Å². The summed E-state index contributed by atoms with van der Waals surface area (Å²) in [5.41, 5.74) is 5.66. The van der Waals surface area contributed by atoms with Gasteiger partial charge < -0.3 is 5.32 Å². The highest BCUT2D eigenvalue weighted by atomic mass is 19.1. The Labute approximate surface area is 154 Å². The van der Waals surface area contributed by atoms with Gasteiger partial charge in [0.2, 0.25) is 5.91 Å². The van der Waals surface area contributed by atoms with Gasteiger partial charge >= 0.3 is 0 Å². The van der Waals surface area contributed by atoms with Gasteiger partial charge in [0, 0.05) is 24.6 Å². The molecule has 0 atom stereocenters. The summed E-state index contributed by atoms with van der Waals surface area (Å²) in [7, 11) is 0. The minimum Gasteiger partial charge on any atom is -0.351 e. The van der Waals surface area contributed by atoms with Crippen LogP contribution in [-0.2, 0) is 11.2 Å². The molecule has 0 aromatic heterocycles. The SMILES string of the molecule is CCc1ccc(C(=O)NNC(=O)CCNC(=O)c2ccc(F)cc2F)cc1. The Kier molecular flexibility index (Phi) is 6.99. The molecule has 0 unspecified atom stereocenters. The van der Waals surface area contributed by atoms with Gasteiger partial charge in [0.05, 0.1) is 5.56 Å². The van der Waals surface area contributed by atoms with E-state index < -0.39 is 29.4 Å². The largest absolute Gasteiger partial charge is 0.351 e. The molecule has 3 amide bonds. The van der Waals surface area contributed by atoms with E-state index >= 15 is 0 Å². The minimum absolute atomic E-state index is 0.0808. The zero-order chi connectivity index (χ0) is 19.8. The second-order valence-corrected chi connectivity index (χ2v) is 5.68. The zero-order valence-corrected chi connectivity index (χ0v) is 14.6. The van der Waals surface area contributed by atoms with Crippen molar-refractivity contribution in [1.29, 1.82) is 0 Å². The van der Waals surface area contributed by atoms with Crippen molar-refractivity contribution in [2.45, 2.75) is 19.8 Å². The van der Waals surface area contributed by atoms with Crippen LogP contribution < -0.4 is 16.2 Å². The van der Waals surface area contributed by atoms with Crippen molar-refractivity contribution in [2.75, 3.05) is 6.54 Å². The fourth-order valence-electron chi connectivity index (χ4n) is 2.21. The Morgan fingerprint density at radius 1 is 0.926 bits per heavy atom. The quantitative estimate of drug-likeness (QED) is 0.676. The topological polar surface area (TPSA) is 87.3 Å². The van der Waals surface area contributed by atoms with Crippen molar-refractivity contribution in [3.05, 3.63) is 70.8 Å². The van der Waals surface area contributed by atoms with Gasteiger partial charge in [0.15, 0.2) is 0 Å². The maximum atomic E-state index is 13.5. The van der Waals surface area contributed by atoms with Crippen LogP contribution >= 0.6 is 0 Å². The van der Waals surface area contributed by atoms with Crippen LogP contribution in [0.4, 0.5) is 8.78 Å². The van der Waals surface area contributed by atoms with E-state index in [0.29, 0.717) is 11.6 Å². The van der Waals surface area contributed by atoms with Crippen LogP contribution in [0.2, 0.25) is 0 Å². The molecule has 0 fully saturated rings. The number of hydrogen-bond acceptors (Lipinski definition) is 3. The number of rotatable bonds is 6. The minimum atomic E-state index is -0.988. The molecule has 0 spiro atoms. The number of aryl methyl sites for hydroxylation is 1. The highest BCUT2D eigenvalue weighted by Gasteiger charge is 2.13. The van der Waals surface area contributed by atoms with Crippen molar-refractivity contribution < 1.29 is 23.2 Å². The van der Waals surface area contributed by atoms with E-state index in [1.807, 2.05) is 19.1 Å². The van der Waals surface area contributed by atoms with Gasteiger partial charge in [-0.15, -0.1) is 0 Å². The lowest BCUT2D eigenvalue weighted by Gasteiger charge is -2.09. The van der Waals surface area contributed by atoms with E-state index in [9.17, 15) is 23.2 Å². The first-order valence-corrected chi connectivity index (χ1v) is 8.32. The number of amides is 3. The number of halogens is 2. The van der Waals surface area contributed by atoms with E-state index in [-0.39, 0.29) is 18.5 Å². The number of carbonyl (C=O) groups is 3. The van der Waals surface area contributed by atoms with Crippen LogP contribution in [-0.4, -0.2) is 24.3 Å². The molecule has 0 bridgehead atoms. The molecule has 8 heteroatoms. The molecule has 0 aliphatic rings. The van der Waals surface area contributed by atoms with Gasteiger partial charge in [0.25, 0.3) is 11.8 Å². The Bertz CT molecular complexity index is 839. The van der Waals surface area contributed by atoms with Crippen LogP contribution in [0.5, 0.6) is 0 Å². The molecule has 2 rings (SSSR count). The smallest absolute Gasteiger partial charge is 0.269 e. The van der Waals surface area contributed by atoms with Gasteiger partial charge in [0.1, 0.15) is 11.6 Å². The standard InChI is InChI=1S/C19H19F2N3O3/c1-2-12-3-5-13(6-4-12)18(26)24-23-17(25)9-10-22-19(27)15-8-7-14(20)11-16(15)21/h3-8,11H,2,9-10H2,1H3,(H,22,27)(H,23,25)(H,24,26). The van der Waals surface area contributed by atoms with Crippen molar-refractivity contribution in [2.24, 2.45) is 0 Å². The third-order valence-electron chi connectivity index (χ3n) is 3.75. The van der Waals surface area contributed by atoms with Crippen molar-refractivity contribution in [3.8, 4) is 0 Å². The fraction of sp³-hybridized carbons (Fsp3) is 0.211. The van der Waals surface area contributed by atoms with E-state index in [4.69, 9.17) is 0 Å². The molecule has 0 saturated carbocycles. The summed E-state index contributed by atoms with van der Waals surface area (Å²) >= 11 is 0. The molecule has 0 radical (unpaired) electrons. The van der Waals surface area contributed by atoms with Crippen LogP contribution in [0, 0.1) is 11.6 Å². The predicted octanol–water partition coefficient (Wildman–Crippen LogP) is 2.11. The third kappa shape index (κ3) is 5.88. The third-order valence-corrected chi connectivity index (χ3v) is 3.75. The van der Waals surface area contributed by atoms with Gasteiger partial charge in [-0.3, -0.25) is 25.2 Å². The molecule has 2 aromatic carbocycles. The number of hydrazine groups is 1. The maximum Gasteiger partial charge on any atom is 0.269 e. The molecule has 6 nitrogen and oxygen atoms in total. The highest BCUT2D eigenvalue weighted by Crippen LogP contribution is 2.09. The van der Waals surface area contributed by atoms with Crippen molar-refractivity contribution >= 4 is 17.7 Å². The van der Waals surface area contributed by atoms with E-state index in [0.717, 1.165) is 24.1 Å². The maximum absolute atomic E-state index is 13.5. The first kappa shape index (κ1) is 20.0. The Balaban J connectivity index is 1.74. The molecular formula is C19H19F2N3O3. The Morgan fingerprint density at radius 3 is 2.26 bits per heavy atom. The summed E-state index contributed by atoms with van der Waals surface area (Å²) in [5, 5.41) is 2.35. The van der Waals surface area contributed by atoms with Gasteiger partial charge in [-0.25, -0.2) is 8.78 Å². The van der Waals surface area contributed by atoms with Crippen molar-refractivity contribution in [3.63, 3.8) is 0 Å². The molecule has 0 aliphatic carbocycles. The molecule has 2 aromatic rings. The number of carbonyl (C=O) groups excluding carboxylic acids is 3. The average molecular weight is 375 g/mol. The molecule has 0 aliphatic heterocycles. The number of nitrogens with one attached hydrogen (secondary N) is 3. The lowest BCUT2D eigenvalue weighted by molar-refractivity contribution is -0.121. The summed E-state index contributed by atoms with van der Waals surface area (Å²) in [6.45, 7) is 1.92. The summed E-state index contributed by atoms with van der Waals surface area (Å²) in [5.74, 6) is -3.54. The Morgan fingerprint density at radius 2 is 1.63 bits per heavy atom. The number of hydrogen-bond donors (Lipinski definition) is 3. The highest BCUT2D eigenvalue weighted by molar-refractivity contribution is 5.96. The van der Waals surface area contributed by atoms with Crippen LogP contribution in [0.25, 0.3) is 0 Å². The number of benzene rings is 2. The molecule has 3 N–H and O–H groups in total. The van der Waals surface area contributed by atoms with Crippen LogP contribution in [0.3, 0.4) is 0 Å². The molecule has 0 saturated heterocycles. The molecule has 27 heavy (non-hydrogen) atoms. The van der Waals surface area contributed by atoms with Gasteiger partial charge in [-0.2, -0.15) is 0 Å². The molecule has 142 valence electrons. The first-order chi connectivity index (χ1) is 12.9. The first-order valence-electron chi connectivity index (χ1n) is 8.32. The predicted molar refractivity (Wildman–Crippen MR) is 94.7 cm³/mol. The van der Waals surface area contributed by atoms with E-state index in [1.54, 1.807) is 12.1 Å². The van der Waals surface area contributed by atoms with Gasteiger partial charge in [-0.05, 0) is 36.2 Å².